The largest absolute Gasteiger partial charge is 0.477 e. The van der Waals surface area contributed by atoms with E-state index < -0.39 is 11.9 Å². The second kappa shape index (κ2) is 4.49. The van der Waals surface area contributed by atoms with Gasteiger partial charge < -0.3 is 15.2 Å². The van der Waals surface area contributed by atoms with Crippen molar-refractivity contribution in [2.75, 3.05) is 13.2 Å². The Kier molecular flexibility index (Phi) is 2.93. The Labute approximate surface area is 110 Å². The first-order valence-corrected chi connectivity index (χ1v) is 6.46. The lowest BCUT2D eigenvalue weighted by Crippen LogP contribution is -2.41. The van der Waals surface area contributed by atoms with Crippen molar-refractivity contribution in [1.29, 1.82) is 0 Å². The van der Waals surface area contributed by atoms with Crippen LogP contribution in [-0.4, -0.2) is 30.3 Å². The van der Waals surface area contributed by atoms with E-state index >= 15 is 0 Å². The van der Waals surface area contributed by atoms with Gasteiger partial charge in [-0.15, -0.1) is 0 Å². The van der Waals surface area contributed by atoms with Gasteiger partial charge in [-0.25, -0.2) is 4.39 Å². The molecule has 5 heteroatoms. The molecule has 1 amide bonds. The molecule has 1 fully saturated rings. The lowest BCUT2D eigenvalue weighted by molar-refractivity contribution is -0.127. The summed E-state index contributed by atoms with van der Waals surface area (Å²) in [4.78, 5) is 12.0. The van der Waals surface area contributed by atoms with E-state index in [0.717, 1.165) is 18.4 Å². The van der Waals surface area contributed by atoms with Crippen molar-refractivity contribution < 1.29 is 19.0 Å². The average Bonchev–Trinajstić information content (AvgIpc) is 3.06. The molecular weight excluding hydrogens is 249 g/mol. The molecule has 1 aromatic carbocycles. The Morgan fingerprint density at radius 2 is 2.32 bits per heavy atom. The van der Waals surface area contributed by atoms with Crippen molar-refractivity contribution in [2.24, 2.45) is 5.41 Å². The van der Waals surface area contributed by atoms with Crippen molar-refractivity contribution in [3.63, 3.8) is 0 Å². The SMILES string of the molecule is O=C(NCC1(CO)CC1)C1Cc2cccc(F)c2O1. The van der Waals surface area contributed by atoms with Crippen LogP contribution in [0.15, 0.2) is 18.2 Å². The number of aliphatic hydroxyl groups excluding tert-OH is 1. The van der Waals surface area contributed by atoms with Crippen LogP contribution in [0.2, 0.25) is 0 Å². The second-order valence-corrected chi connectivity index (χ2v) is 5.41. The smallest absolute Gasteiger partial charge is 0.261 e. The van der Waals surface area contributed by atoms with Crippen LogP contribution in [-0.2, 0) is 11.2 Å². The monoisotopic (exact) mass is 265 g/mol. The maximum atomic E-state index is 13.5. The first kappa shape index (κ1) is 12.4. The van der Waals surface area contributed by atoms with Crippen LogP contribution in [0.3, 0.4) is 0 Å². The number of carbonyl (C=O) groups excluding carboxylic acids is 1. The number of ether oxygens (including phenoxy) is 1. The maximum Gasteiger partial charge on any atom is 0.261 e. The highest BCUT2D eigenvalue weighted by Crippen LogP contribution is 2.44. The molecule has 2 aliphatic rings. The van der Waals surface area contributed by atoms with Crippen LogP contribution >= 0.6 is 0 Å². The summed E-state index contributed by atoms with van der Waals surface area (Å²) in [6.45, 7) is 0.550. The van der Waals surface area contributed by atoms with E-state index in [2.05, 4.69) is 5.32 Å². The van der Waals surface area contributed by atoms with E-state index in [1.165, 1.54) is 6.07 Å². The van der Waals surface area contributed by atoms with Crippen LogP contribution in [0.4, 0.5) is 4.39 Å². The molecule has 3 rings (SSSR count). The predicted octanol–water partition coefficient (Wildman–Crippen LogP) is 1.02. The van der Waals surface area contributed by atoms with Crippen LogP contribution in [0.25, 0.3) is 0 Å². The number of benzene rings is 1. The molecule has 1 aromatic rings. The van der Waals surface area contributed by atoms with E-state index in [-0.39, 0.29) is 23.7 Å². The molecule has 1 atom stereocenters. The molecule has 0 radical (unpaired) electrons. The quantitative estimate of drug-likeness (QED) is 0.854. The Morgan fingerprint density at radius 3 is 2.95 bits per heavy atom. The highest BCUT2D eigenvalue weighted by molar-refractivity contribution is 5.82. The summed E-state index contributed by atoms with van der Waals surface area (Å²) in [6.07, 6.45) is 1.60. The van der Waals surface area contributed by atoms with Crippen molar-refractivity contribution >= 4 is 5.91 Å². The summed E-state index contributed by atoms with van der Waals surface area (Å²) in [7, 11) is 0. The molecule has 19 heavy (non-hydrogen) atoms. The van der Waals surface area contributed by atoms with E-state index in [1.54, 1.807) is 12.1 Å². The van der Waals surface area contributed by atoms with Gasteiger partial charge in [0.25, 0.3) is 5.91 Å². The number of nitrogens with one attached hydrogen (secondary N) is 1. The van der Waals surface area contributed by atoms with E-state index in [0.29, 0.717) is 13.0 Å². The van der Waals surface area contributed by atoms with Gasteiger partial charge in [0.1, 0.15) is 0 Å². The zero-order valence-electron chi connectivity index (χ0n) is 10.5. The van der Waals surface area contributed by atoms with Gasteiger partial charge in [-0.2, -0.15) is 0 Å². The molecule has 1 aliphatic carbocycles. The Morgan fingerprint density at radius 1 is 1.53 bits per heavy atom. The minimum absolute atomic E-state index is 0.0909. The summed E-state index contributed by atoms with van der Waals surface area (Å²) in [5.41, 5.74) is 0.593. The van der Waals surface area contributed by atoms with Gasteiger partial charge in [-0.1, -0.05) is 12.1 Å². The molecular formula is C14H16FNO3. The molecule has 0 spiro atoms. The van der Waals surface area contributed by atoms with E-state index in [4.69, 9.17) is 4.74 Å². The number of rotatable bonds is 4. The summed E-state index contributed by atoms with van der Waals surface area (Å²) in [5.74, 6) is -0.483. The van der Waals surface area contributed by atoms with Gasteiger partial charge in [-0.05, 0) is 18.9 Å². The molecule has 0 bridgehead atoms. The molecule has 1 unspecified atom stereocenters. The van der Waals surface area contributed by atoms with Crippen molar-refractivity contribution in [2.45, 2.75) is 25.4 Å². The van der Waals surface area contributed by atoms with Crippen molar-refractivity contribution in [1.82, 2.24) is 5.32 Å². The van der Waals surface area contributed by atoms with Gasteiger partial charge in [-0.3, -0.25) is 4.79 Å². The first-order chi connectivity index (χ1) is 9.13. The first-order valence-electron chi connectivity index (χ1n) is 6.46. The van der Waals surface area contributed by atoms with Gasteiger partial charge >= 0.3 is 0 Å². The topological polar surface area (TPSA) is 58.6 Å². The molecule has 102 valence electrons. The number of fused-ring (bicyclic) bond motifs is 1. The summed E-state index contributed by atoms with van der Waals surface area (Å²) in [6, 6.07) is 4.70. The van der Waals surface area contributed by atoms with Crippen LogP contribution < -0.4 is 10.1 Å². The maximum absolute atomic E-state index is 13.5. The Balaban J connectivity index is 1.60. The third-order valence-corrected chi connectivity index (χ3v) is 3.94. The van der Waals surface area contributed by atoms with E-state index in [1.807, 2.05) is 0 Å². The zero-order chi connectivity index (χ0) is 13.5. The summed E-state index contributed by atoms with van der Waals surface area (Å²) < 4.78 is 18.8. The molecule has 2 N–H and O–H groups in total. The third-order valence-electron chi connectivity index (χ3n) is 3.94. The standard InChI is InChI=1S/C14H16FNO3/c15-10-3-1-2-9-6-11(19-12(9)10)13(18)16-7-14(8-17)4-5-14/h1-3,11,17H,4-8H2,(H,16,18). The minimum Gasteiger partial charge on any atom is -0.477 e. The lowest BCUT2D eigenvalue weighted by Gasteiger charge is -2.15. The summed E-state index contributed by atoms with van der Waals surface area (Å²) >= 11 is 0. The van der Waals surface area contributed by atoms with E-state index in [9.17, 15) is 14.3 Å². The second-order valence-electron chi connectivity index (χ2n) is 5.41. The predicted molar refractivity (Wildman–Crippen MR) is 66.3 cm³/mol. The fourth-order valence-corrected chi connectivity index (χ4v) is 2.33. The van der Waals surface area contributed by atoms with Gasteiger partial charge in [0.2, 0.25) is 0 Å². The van der Waals surface area contributed by atoms with Crippen LogP contribution in [0.5, 0.6) is 5.75 Å². The third kappa shape index (κ3) is 2.30. The van der Waals surface area contributed by atoms with Gasteiger partial charge in [0.05, 0.1) is 6.61 Å². The highest BCUT2D eigenvalue weighted by Gasteiger charge is 2.43. The average molecular weight is 265 g/mol. The Bertz CT molecular complexity index is 513. The fourth-order valence-electron chi connectivity index (χ4n) is 2.33. The van der Waals surface area contributed by atoms with Gasteiger partial charge in [0.15, 0.2) is 17.7 Å². The number of carbonyl (C=O) groups is 1. The van der Waals surface area contributed by atoms with Crippen molar-refractivity contribution in [3.05, 3.63) is 29.6 Å². The number of para-hydroxylation sites is 1. The van der Waals surface area contributed by atoms with Crippen LogP contribution in [0.1, 0.15) is 18.4 Å². The van der Waals surface area contributed by atoms with Crippen molar-refractivity contribution in [3.8, 4) is 5.75 Å². The Hall–Kier alpha value is -1.62. The molecule has 0 aromatic heterocycles. The number of hydrogen-bond acceptors (Lipinski definition) is 3. The number of aliphatic hydroxyl groups is 1. The minimum atomic E-state index is -0.665. The van der Waals surface area contributed by atoms with Gasteiger partial charge in [0, 0.05) is 23.9 Å². The molecule has 1 saturated carbocycles. The summed E-state index contributed by atoms with van der Waals surface area (Å²) in [5, 5.41) is 12.0. The van der Waals surface area contributed by atoms with Crippen LogP contribution in [0, 0.1) is 11.2 Å². The molecule has 4 nitrogen and oxygen atoms in total. The number of halogens is 1. The fraction of sp³-hybridized carbons (Fsp3) is 0.500. The number of amides is 1. The molecule has 1 aliphatic heterocycles. The molecule has 1 heterocycles. The highest BCUT2D eigenvalue weighted by atomic mass is 19.1. The zero-order valence-corrected chi connectivity index (χ0v) is 10.5. The number of hydrogen-bond donors (Lipinski definition) is 2. The normalized spacial score (nSPS) is 22.5. The lowest BCUT2D eigenvalue weighted by atomic mass is 10.1. The molecule has 0 saturated heterocycles.